The second kappa shape index (κ2) is 6.08. The molecule has 0 aromatic heterocycles. The van der Waals surface area contributed by atoms with Crippen molar-refractivity contribution in [3.05, 3.63) is 57.9 Å². The Morgan fingerprint density at radius 2 is 2.09 bits per heavy atom. The smallest absolute Gasteiger partial charge is 0.305 e. The Bertz CT molecular complexity index is 638. The first-order valence-electron chi connectivity index (χ1n) is 6.50. The van der Waals surface area contributed by atoms with Gasteiger partial charge >= 0.3 is 6.18 Å². The molecular weight excluding hydrogens is 299 g/mol. The van der Waals surface area contributed by atoms with Crippen molar-refractivity contribution in [1.29, 1.82) is 0 Å². The number of hydrogen-bond acceptors (Lipinski definition) is 4. The summed E-state index contributed by atoms with van der Waals surface area (Å²) in [5.41, 5.74) is 4.63. The van der Waals surface area contributed by atoms with Gasteiger partial charge in [-0.1, -0.05) is 12.1 Å². The number of alkyl halides is 3. The van der Waals surface area contributed by atoms with E-state index in [0.717, 1.165) is 0 Å². The number of hydrogen-bond donors (Lipinski definition) is 1. The van der Waals surface area contributed by atoms with E-state index in [1.165, 1.54) is 23.3 Å². The summed E-state index contributed by atoms with van der Waals surface area (Å²) in [6.07, 6.45) is -1.93. The summed E-state index contributed by atoms with van der Waals surface area (Å²) in [6.45, 7) is 1.47. The van der Waals surface area contributed by atoms with Crippen LogP contribution in [-0.2, 0) is 0 Å². The summed E-state index contributed by atoms with van der Waals surface area (Å²) >= 11 is 0. The van der Waals surface area contributed by atoms with Crippen LogP contribution in [0.2, 0.25) is 0 Å². The lowest BCUT2D eigenvalue weighted by Gasteiger charge is -2.29. The summed E-state index contributed by atoms with van der Waals surface area (Å²) in [4.78, 5) is 10.3. The van der Waals surface area contributed by atoms with Crippen LogP contribution < -0.4 is 5.43 Å². The van der Waals surface area contributed by atoms with Crippen LogP contribution in [-0.4, -0.2) is 22.7 Å². The van der Waals surface area contributed by atoms with E-state index in [1.807, 2.05) is 0 Å². The molecule has 0 aliphatic carbocycles. The van der Waals surface area contributed by atoms with Gasteiger partial charge in [0.05, 0.1) is 11.3 Å². The molecule has 0 atom stereocenters. The monoisotopic (exact) mass is 313 g/mol. The van der Waals surface area contributed by atoms with Gasteiger partial charge in [0.2, 0.25) is 0 Å². The molecule has 0 radical (unpaired) electrons. The van der Waals surface area contributed by atoms with Gasteiger partial charge in [-0.3, -0.25) is 15.1 Å². The van der Waals surface area contributed by atoms with Crippen LogP contribution in [0.1, 0.15) is 18.9 Å². The summed E-state index contributed by atoms with van der Waals surface area (Å²) in [5.74, 6) is 0. The van der Waals surface area contributed by atoms with E-state index in [9.17, 15) is 23.3 Å². The third-order valence-corrected chi connectivity index (χ3v) is 3.18. The SMILES string of the molecule is CC1=CC(c2cccc([N+](=O)[O-])c2)=CNN1CCC(F)(F)F. The molecule has 22 heavy (non-hydrogen) atoms. The minimum Gasteiger partial charge on any atom is -0.305 e. The largest absolute Gasteiger partial charge is 0.390 e. The number of benzene rings is 1. The highest BCUT2D eigenvalue weighted by atomic mass is 19.4. The van der Waals surface area contributed by atoms with Gasteiger partial charge in [-0.15, -0.1) is 0 Å². The molecule has 118 valence electrons. The molecule has 1 aliphatic rings. The third kappa shape index (κ3) is 4.00. The number of allylic oxidation sites excluding steroid dienone is 3. The molecule has 1 N–H and O–H groups in total. The van der Waals surface area contributed by atoms with Crippen LogP contribution in [0.25, 0.3) is 5.57 Å². The zero-order valence-corrected chi connectivity index (χ0v) is 11.7. The Hall–Kier alpha value is -2.51. The van der Waals surface area contributed by atoms with E-state index in [4.69, 9.17) is 0 Å². The standard InChI is InChI=1S/C14H14F3N3O2/c1-10-7-12(9-18-19(10)6-5-14(15,16)17)11-3-2-4-13(8-11)20(21)22/h2-4,7-9,18H,5-6H2,1H3. The topological polar surface area (TPSA) is 58.4 Å². The molecule has 0 saturated carbocycles. The number of hydrazine groups is 1. The van der Waals surface area contributed by atoms with Crippen molar-refractivity contribution in [1.82, 2.24) is 10.4 Å². The van der Waals surface area contributed by atoms with E-state index < -0.39 is 17.5 Å². The molecule has 0 bridgehead atoms. The van der Waals surface area contributed by atoms with E-state index in [1.54, 1.807) is 25.1 Å². The molecule has 1 aliphatic heterocycles. The molecule has 0 fully saturated rings. The van der Waals surface area contributed by atoms with Crippen molar-refractivity contribution >= 4 is 11.3 Å². The lowest BCUT2D eigenvalue weighted by Crippen LogP contribution is -2.37. The lowest BCUT2D eigenvalue weighted by molar-refractivity contribution is -0.384. The Labute approximate surface area is 124 Å². The van der Waals surface area contributed by atoms with Crippen molar-refractivity contribution in [2.75, 3.05) is 6.54 Å². The Morgan fingerprint density at radius 1 is 1.36 bits per heavy atom. The molecule has 1 aromatic carbocycles. The maximum absolute atomic E-state index is 12.2. The molecular formula is C14H14F3N3O2. The van der Waals surface area contributed by atoms with Crippen LogP contribution >= 0.6 is 0 Å². The number of nitro benzene ring substituents is 1. The van der Waals surface area contributed by atoms with Crippen molar-refractivity contribution < 1.29 is 18.1 Å². The summed E-state index contributed by atoms with van der Waals surface area (Å²) in [7, 11) is 0. The van der Waals surface area contributed by atoms with Crippen molar-refractivity contribution in [3.63, 3.8) is 0 Å². The predicted octanol–water partition coefficient (Wildman–Crippen LogP) is 3.61. The number of nitrogens with one attached hydrogen (secondary N) is 1. The van der Waals surface area contributed by atoms with Crippen LogP contribution in [0.4, 0.5) is 18.9 Å². The van der Waals surface area contributed by atoms with Crippen LogP contribution in [0.5, 0.6) is 0 Å². The first-order chi connectivity index (χ1) is 10.3. The Morgan fingerprint density at radius 3 is 2.68 bits per heavy atom. The zero-order chi connectivity index (χ0) is 16.3. The molecule has 0 saturated heterocycles. The van der Waals surface area contributed by atoms with Gasteiger partial charge in [-0.2, -0.15) is 13.2 Å². The maximum atomic E-state index is 12.2. The summed E-state index contributed by atoms with van der Waals surface area (Å²) < 4.78 is 36.7. The van der Waals surface area contributed by atoms with Gasteiger partial charge in [-0.05, 0) is 18.6 Å². The molecule has 2 rings (SSSR count). The van der Waals surface area contributed by atoms with Gasteiger partial charge in [-0.25, -0.2) is 0 Å². The summed E-state index contributed by atoms with van der Waals surface area (Å²) in [6, 6.07) is 6.07. The zero-order valence-electron chi connectivity index (χ0n) is 11.7. The highest BCUT2D eigenvalue weighted by molar-refractivity contribution is 5.76. The molecule has 0 unspecified atom stereocenters. The molecule has 8 heteroatoms. The van der Waals surface area contributed by atoms with Crippen LogP contribution in [0, 0.1) is 10.1 Å². The van der Waals surface area contributed by atoms with Gasteiger partial charge in [0.25, 0.3) is 5.69 Å². The minimum absolute atomic E-state index is 0.0380. The van der Waals surface area contributed by atoms with Gasteiger partial charge in [0.1, 0.15) is 0 Å². The fourth-order valence-electron chi connectivity index (χ4n) is 2.04. The average Bonchev–Trinajstić information content (AvgIpc) is 2.45. The lowest BCUT2D eigenvalue weighted by atomic mass is 10.0. The van der Waals surface area contributed by atoms with Crippen molar-refractivity contribution in [2.45, 2.75) is 19.5 Å². The maximum Gasteiger partial charge on any atom is 0.390 e. The predicted molar refractivity (Wildman–Crippen MR) is 75.3 cm³/mol. The number of halogens is 3. The van der Waals surface area contributed by atoms with Gasteiger partial charge in [0.15, 0.2) is 0 Å². The third-order valence-electron chi connectivity index (χ3n) is 3.18. The van der Waals surface area contributed by atoms with E-state index in [0.29, 0.717) is 16.8 Å². The quantitative estimate of drug-likeness (QED) is 0.681. The first-order valence-corrected chi connectivity index (χ1v) is 6.50. The highest BCUT2D eigenvalue weighted by Crippen LogP contribution is 2.26. The number of nitrogens with zero attached hydrogens (tertiary/aromatic N) is 2. The van der Waals surface area contributed by atoms with Gasteiger partial charge < -0.3 is 5.43 Å². The second-order valence-corrected chi connectivity index (χ2v) is 4.84. The number of nitro groups is 1. The first kappa shape index (κ1) is 15.9. The fraction of sp³-hybridized carbons (Fsp3) is 0.286. The normalized spacial score (nSPS) is 15.0. The number of rotatable bonds is 4. The van der Waals surface area contributed by atoms with Gasteiger partial charge in [0, 0.05) is 36.1 Å². The highest BCUT2D eigenvalue weighted by Gasteiger charge is 2.28. The minimum atomic E-state index is -4.22. The Kier molecular flexibility index (Phi) is 4.39. The van der Waals surface area contributed by atoms with E-state index >= 15 is 0 Å². The fourth-order valence-corrected chi connectivity index (χ4v) is 2.04. The van der Waals surface area contributed by atoms with E-state index in [2.05, 4.69) is 5.43 Å². The molecule has 1 aromatic rings. The molecule has 0 amide bonds. The van der Waals surface area contributed by atoms with E-state index in [-0.39, 0.29) is 12.2 Å². The average molecular weight is 313 g/mol. The summed E-state index contributed by atoms with van der Waals surface area (Å²) in [5, 5.41) is 12.2. The molecule has 5 nitrogen and oxygen atoms in total. The molecule has 0 spiro atoms. The van der Waals surface area contributed by atoms with Crippen LogP contribution in [0.3, 0.4) is 0 Å². The van der Waals surface area contributed by atoms with Crippen molar-refractivity contribution in [3.8, 4) is 0 Å². The van der Waals surface area contributed by atoms with Crippen LogP contribution in [0.15, 0.2) is 42.2 Å². The number of non-ortho nitro benzene ring substituents is 1. The molecule has 1 heterocycles. The Balaban J connectivity index is 2.12. The second-order valence-electron chi connectivity index (χ2n) is 4.84. The van der Waals surface area contributed by atoms with Crippen molar-refractivity contribution in [2.24, 2.45) is 0 Å².